The standard InChI is InChI=1S/C11H12FN3O/c1-7(2)8-3-4-10(9(12)5-8)15-6-13-11(16)14-15/h3-7H,1-2H3,(H,14,16). The van der Waals surface area contributed by atoms with E-state index in [9.17, 15) is 9.18 Å². The molecule has 0 amide bonds. The molecular weight excluding hydrogens is 209 g/mol. The van der Waals surface area contributed by atoms with Gasteiger partial charge < -0.3 is 0 Å². The van der Waals surface area contributed by atoms with Gasteiger partial charge in [0.2, 0.25) is 0 Å². The van der Waals surface area contributed by atoms with Crippen molar-refractivity contribution < 1.29 is 4.39 Å². The first-order valence-corrected chi connectivity index (χ1v) is 5.01. The first kappa shape index (κ1) is 10.6. The van der Waals surface area contributed by atoms with Gasteiger partial charge in [0.25, 0.3) is 0 Å². The van der Waals surface area contributed by atoms with Crippen LogP contribution in [0.4, 0.5) is 4.39 Å². The third kappa shape index (κ3) is 1.88. The van der Waals surface area contributed by atoms with Crippen molar-refractivity contribution in [1.29, 1.82) is 0 Å². The number of aromatic amines is 1. The number of hydrogen-bond acceptors (Lipinski definition) is 2. The highest BCUT2D eigenvalue weighted by Gasteiger charge is 2.08. The zero-order valence-corrected chi connectivity index (χ0v) is 9.07. The van der Waals surface area contributed by atoms with Gasteiger partial charge in [-0.05, 0) is 23.6 Å². The Morgan fingerprint density at radius 3 is 2.69 bits per heavy atom. The molecule has 1 aromatic carbocycles. The fourth-order valence-corrected chi connectivity index (χ4v) is 1.47. The largest absolute Gasteiger partial charge is 0.361 e. The summed E-state index contributed by atoms with van der Waals surface area (Å²) in [5.74, 6) is -0.106. The van der Waals surface area contributed by atoms with Crippen LogP contribution in [0.15, 0.2) is 29.3 Å². The molecule has 0 saturated heterocycles. The minimum absolute atomic E-state index is 0.269. The van der Waals surface area contributed by atoms with E-state index >= 15 is 0 Å². The lowest BCUT2D eigenvalue weighted by Gasteiger charge is -2.08. The quantitative estimate of drug-likeness (QED) is 0.841. The van der Waals surface area contributed by atoms with E-state index in [4.69, 9.17) is 0 Å². The average molecular weight is 221 g/mol. The van der Waals surface area contributed by atoms with Gasteiger partial charge in [-0.15, -0.1) is 0 Å². The zero-order valence-electron chi connectivity index (χ0n) is 9.07. The molecule has 0 radical (unpaired) electrons. The van der Waals surface area contributed by atoms with Crippen LogP contribution in [0.3, 0.4) is 0 Å². The summed E-state index contributed by atoms with van der Waals surface area (Å²) in [5.41, 5.74) is 0.718. The van der Waals surface area contributed by atoms with Gasteiger partial charge >= 0.3 is 5.69 Å². The first-order valence-electron chi connectivity index (χ1n) is 5.01. The van der Waals surface area contributed by atoms with Crippen LogP contribution in [0.1, 0.15) is 25.3 Å². The zero-order chi connectivity index (χ0) is 11.7. The van der Waals surface area contributed by atoms with E-state index in [1.807, 2.05) is 19.9 Å². The lowest BCUT2D eigenvalue weighted by molar-refractivity contribution is 0.606. The number of halogens is 1. The van der Waals surface area contributed by atoms with Crippen LogP contribution in [0.2, 0.25) is 0 Å². The summed E-state index contributed by atoms with van der Waals surface area (Å²) in [6.45, 7) is 3.99. The number of H-pyrrole nitrogens is 1. The molecule has 5 heteroatoms. The number of aromatic nitrogens is 3. The van der Waals surface area contributed by atoms with Crippen molar-refractivity contribution in [3.05, 3.63) is 46.4 Å². The molecule has 0 atom stereocenters. The fourth-order valence-electron chi connectivity index (χ4n) is 1.47. The normalized spacial score (nSPS) is 11.0. The van der Waals surface area contributed by atoms with Gasteiger partial charge in [0.1, 0.15) is 12.1 Å². The van der Waals surface area contributed by atoms with Gasteiger partial charge in [0.05, 0.1) is 5.69 Å². The fraction of sp³-hybridized carbons (Fsp3) is 0.273. The molecule has 0 aliphatic heterocycles. The Bertz CT molecular complexity index is 556. The third-order valence-corrected chi connectivity index (χ3v) is 2.40. The molecule has 1 N–H and O–H groups in total. The predicted octanol–water partition coefficient (Wildman–Crippen LogP) is 1.82. The number of nitrogens with one attached hydrogen (secondary N) is 1. The lowest BCUT2D eigenvalue weighted by Crippen LogP contribution is -2.06. The maximum Gasteiger partial charge on any atom is 0.361 e. The van der Waals surface area contributed by atoms with E-state index in [2.05, 4.69) is 10.1 Å². The second kappa shape index (κ2) is 3.92. The molecule has 2 rings (SSSR count). The average Bonchev–Trinajstić information content (AvgIpc) is 2.64. The number of benzene rings is 1. The Morgan fingerprint density at radius 1 is 1.44 bits per heavy atom. The summed E-state index contributed by atoms with van der Waals surface area (Å²) in [5, 5.41) is 2.39. The van der Waals surface area contributed by atoms with Crippen LogP contribution in [0.5, 0.6) is 0 Å². The summed E-state index contributed by atoms with van der Waals surface area (Å²) in [4.78, 5) is 14.3. The predicted molar refractivity (Wildman–Crippen MR) is 58.2 cm³/mol. The van der Waals surface area contributed by atoms with Crippen LogP contribution in [0.25, 0.3) is 5.69 Å². The van der Waals surface area contributed by atoms with Crippen molar-refractivity contribution in [2.24, 2.45) is 0 Å². The van der Waals surface area contributed by atoms with Crippen LogP contribution in [-0.2, 0) is 0 Å². The molecule has 0 saturated carbocycles. The molecule has 2 aromatic rings. The molecule has 16 heavy (non-hydrogen) atoms. The van der Waals surface area contributed by atoms with Gasteiger partial charge in [-0.3, -0.25) is 0 Å². The van der Waals surface area contributed by atoms with E-state index in [1.165, 1.54) is 17.1 Å². The first-order chi connectivity index (χ1) is 7.58. The topological polar surface area (TPSA) is 50.7 Å². The molecule has 0 bridgehead atoms. The van der Waals surface area contributed by atoms with E-state index < -0.39 is 5.69 Å². The molecule has 1 aromatic heterocycles. The summed E-state index contributed by atoms with van der Waals surface area (Å²) in [6.07, 6.45) is 1.26. The molecule has 4 nitrogen and oxygen atoms in total. The summed E-state index contributed by atoms with van der Waals surface area (Å²) in [6, 6.07) is 4.93. The molecule has 0 fully saturated rings. The van der Waals surface area contributed by atoms with E-state index in [0.717, 1.165) is 5.56 Å². The lowest BCUT2D eigenvalue weighted by atomic mass is 10.0. The molecule has 0 unspecified atom stereocenters. The SMILES string of the molecule is CC(C)c1ccc(-n2cnc(=O)[nH]2)c(F)c1. The Morgan fingerprint density at radius 2 is 2.19 bits per heavy atom. The van der Waals surface area contributed by atoms with Crippen molar-refractivity contribution in [2.75, 3.05) is 0 Å². The van der Waals surface area contributed by atoms with Crippen LogP contribution in [-0.4, -0.2) is 14.8 Å². The maximum absolute atomic E-state index is 13.7. The Kier molecular flexibility index (Phi) is 2.60. The molecule has 1 heterocycles. The maximum atomic E-state index is 13.7. The molecular formula is C11H12FN3O. The smallest absolute Gasteiger partial charge is 0.244 e. The van der Waals surface area contributed by atoms with Gasteiger partial charge in [-0.25, -0.2) is 19.0 Å². The summed E-state index contributed by atoms with van der Waals surface area (Å²) >= 11 is 0. The van der Waals surface area contributed by atoms with E-state index in [-0.39, 0.29) is 11.7 Å². The Balaban J connectivity index is 2.47. The highest BCUT2D eigenvalue weighted by atomic mass is 19.1. The van der Waals surface area contributed by atoms with E-state index in [1.54, 1.807) is 6.07 Å². The summed E-state index contributed by atoms with van der Waals surface area (Å²) < 4.78 is 15.0. The minimum Gasteiger partial charge on any atom is -0.244 e. The monoisotopic (exact) mass is 221 g/mol. The Hall–Kier alpha value is -1.91. The summed E-state index contributed by atoms with van der Waals surface area (Å²) in [7, 11) is 0. The van der Waals surface area contributed by atoms with Crippen molar-refractivity contribution in [2.45, 2.75) is 19.8 Å². The van der Waals surface area contributed by atoms with Gasteiger partial charge in [-0.2, -0.15) is 4.98 Å². The van der Waals surface area contributed by atoms with Crippen LogP contribution >= 0.6 is 0 Å². The molecule has 0 aliphatic rings. The highest BCUT2D eigenvalue weighted by molar-refractivity contribution is 5.36. The van der Waals surface area contributed by atoms with E-state index in [0.29, 0.717) is 5.69 Å². The van der Waals surface area contributed by atoms with Gasteiger partial charge in [0.15, 0.2) is 0 Å². The third-order valence-electron chi connectivity index (χ3n) is 2.40. The van der Waals surface area contributed by atoms with Gasteiger partial charge in [0, 0.05) is 0 Å². The second-order valence-electron chi connectivity index (χ2n) is 3.90. The molecule has 0 aliphatic carbocycles. The molecule has 84 valence electrons. The number of hydrogen-bond donors (Lipinski definition) is 1. The number of nitrogens with zero attached hydrogens (tertiary/aromatic N) is 2. The van der Waals surface area contributed by atoms with Gasteiger partial charge in [-0.1, -0.05) is 19.9 Å². The molecule has 0 spiro atoms. The van der Waals surface area contributed by atoms with Crippen molar-refractivity contribution in [1.82, 2.24) is 14.8 Å². The van der Waals surface area contributed by atoms with Crippen molar-refractivity contribution in [3.63, 3.8) is 0 Å². The van der Waals surface area contributed by atoms with Crippen molar-refractivity contribution in [3.8, 4) is 5.69 Å². The Labute approximate surface area is 91.7 Å². The van der Waals surface area contributed by atoms with Crippen LogP contribution < -0.4 is 5.69 Å². The van der Waals surface area contributed by atoms with Crippen LogP contribution in [0, 0.1) is 5.82 Å². The number of rotatable bonds is 2. The second-order valence-corrected chi connectivity index (χ2v) is 3.90. The minimum atomic E-state index is -0.493. The van der Waals surface area contributed by atoms with Crippen molar-refractivity contribution >= 4 is 0 Å². The highest BCUT2D eigenvalue weighted by Crippen LogP contribution is 2.19.